The molecule has 1 aromatic rings. The molecule has 4 heteroatoms. The molecular weight excluding hydrogens is 160 g/mol. The van der Waals surface area contributed by atoms with Crippen LogP contribution in [0.5, 0.6) is 0 Å². The number of imidazole rings is 1. The Hall–Kier alpha value is -0.610. The lowest BCUT2D eigenvalue weighted by Crippen LogP contribution is -2.02. The second-order valence-corrected chi connectivity index (χ2v) is 2.99. The third kappa shape index (κ3) is 1.23. The van der Waals surface area contributed by atoms with Crippen molar-refractivity contribution in [2.24, 2.45) is 0 Å². The minimum atomic E-state index is 0.777. The molecule has 1 aliphatic rings. The van der Waals surface area contributed by atoms with Crippen molar-refractivity contribution in [1.29, 1.82) is 0 Å². The second kappa shape index (κ2) is 2.79. The van der Waals surface area contributed by atoms with Crippen LogP contribution in [0.1, 0.15) is 5.69 Å². The standard InChI is InChI=1S/C7H10N2OS/c11-7-8-5-6-1-3-10-4-2-9(6)7/h5H,1-4H2,(H,8,11). The Bertz CT molecular complexity index is 302. The number of H-pyrrole nitrogens is 1. The molecule has 0 aliphatic carbocycles. The van der Waals surface area contributed by atoms with Crippen LogP contribution in [-0.2, 0) is 17.7 Å². The summed E-state index contributed by atoms with van der Waals surface area (Å²) in [5.41, 5.74) is 1.26. The first-order valence-electron chi connectivity index (χ1n) is 3.73. The van der Waals surface area contributed by atoms with Crippen molar-refractivity contribution >= 4 is 12.2 Å². The maximum Gasteiger partial charge on any atom is 0.177 e. The van der Waals surface area contributed by atoms with E-state index in [2.05, 4.69) is 9.55 Å². The Labute approximate surface area is 70.0 Å². The predicted octanol–water partition coefficient (Wildman–Crippen LogP) is 1.12. The fourth-order valence-corrected chi connectivity index (χ4v) is 1.59. The first kappa shape index (κ1) is 7.06. The van der Waals surface area contributed by atoms with Crippen LogP contribution in [0.3, 0.4) is 0 Å². The van der Waals surface area contributed by atoms with Crippen molar-refractivity contribution in [3.8, 4) is 0 Å². The molecule has 60 valence electrons. The molecule has 0 saturated heterocycles. The summed E-state index contributed by atoms with van der Waals surface area (Å²) in [5, 5.41) is 0. The summed E-state index contributed by atoms with van der Waals surface area (Å²) >= 11 is 5.08. The van der Waals surface area contributed by atoms with Gasteiger partial charge >= 0.3 is 0 Å². The highest BCUT2D eigenvalue weighted by atomic mass is 32.1. The largest absolute Gasteiger partial charge is 0.379 e. The maximum absolute atomic E-state index is 5.31. The molecule has 0 fully saturated rings. The van der Waals surface area contributed by atoms with Gasteiger partial charge in [-0.15, -0.1) is 0 Å². The van der Waals surface area contributed by atoms with E-state index < -0.39 is 0 Å². The molecule has 2 heterocycles. The molecule has 1 aromatic heterocycles. The fraction of sp³-hybridized carbons (Fsp3) is 0.571. The van der Waals surface area contributed by atoms with E-state index in [1.807, 2.05) is 6.20 Å². The summed E-state index contributed by atoms with van der Waals surface area (Å²) in [4.78, 5) is 3.03. The van der Waals surface area contributed by atoms with E-state index >= 15 is 0 Å². The summed E-state index contributed by atoms with van der Waals surface area (Å²) in [6.45, 7) is 2.48. The molecule has 0 radical (unpaired) electrons. The number of nitrogens with one attached hydrogen (secondary N) is 1. The summed E-state index contributed by atoms with van der Waals surface area (Å²) in [7, 11) is 0. The second-order valence-electron chi connectivity index (χ2n) is 2.60. The van der Waals surface area contributed by atoms with Gasteiger partial charge in [-0.05, 0) is 12.2 Å². The fourth-order valence-electron chi connectivity index (χ4n) is 1.32. The van der Waals surface area contributed by atoms with Crippen molar-refractivity contribution in [1.82, 2.24) is 9.55 Å². The van der Waals surface area contributed by atoms with Crippen molar-refractivity contribution in [2.75, 3.05) is 13.2 Å². The zero-order valence-corrected chi connectivity index (χ0v) is 6.99. The van der Waals surface area contributed by atoms with E-state index in [4.69, 9.17) is 17.0 Å². The number of hydrogen-bond donors (Lipinski definition) is 1. The highest BCUT2D eigenvalue weighted by Gasteiger charge is 2.07. The minimum absolute atomic E-state index is 0.777. The normalized spacial score (nSPS) is 17.5. The van der Waals surface area contributed by atoms with Crippen LogP contribution in [-0.4, -0.2) is 22.8 Å². The Morgan fingerprint density at radius 2 is 2.45 bits per heavy atom. The molecule has 3 nitrogen and oxygen atoms in total. The highest BCUT2D eigenvalue weighted by molar-refractivity contribution is 7.71. The molecule has 1 aliphatic heterocycles. The van der Waals surface area contributed by atoms with Crippen LogP contribution in [0.25, 0.3) is 0 Å². The third-order valence-electron chi connectivity index (χ3n) is 1.92. The molecule has 0 aromatic carbocycles. The Balaban J connectivity index is 2.43. The van der Waals surface area contributed by atoms with Crippen LogP contribution < -0.4 is 0 Å². The van der Waals surface area contributed by atoms with E-state index in [1.165, 1.54) is 5.69 Å². The first-order chi connectivity index (χ1) is 5.38. The number of rotatable bonds is 0. The topological polar surface area (TPSA) is 29.9 Å². The van der Waals surface area contributed by atoms with E-state index in [1.54, 1.807) is 0 Å². The first-order valence-corrected chi connectivity index (χ1v) is 4.13. The number of aromatic nitrogens is 2. The zero-order chi connectivity index (χ0) is 7.68. The summed E-state index contributed by atoms with van der Waals surface area (Å²) in [6, 6.07) is 0. The minimum Gasteiger partial charge on any atom is -0.379 e. The third-order valence-corrected chi connectivity index (χ3v) is 2.25. The molecule has 0 saturated carbocycles. The number of hydrogen-bond acceptors (Lipinski definition) is 2. The van der Waals surface area contributed by atoms with Crippen molar-refractivity contribution in [3.05, 3.63) is 16.7 Å². The van der Waals surface area contributed by atoms with Crippen LogP contribution in [0.2, 0.25) is 0 Å². The van der Waals surface area contributed by atoms with Gasteiger partial charge in [0.2, 0.25) is 0 Å². The van der Waals surface area contributed by atoms with Gasteiger partial charge in [-0.2, -0.15) is 0 Å². The Morgan fingerprint density at radius 3 is 3.36 bits per heavy atom. The van der Waals surface area contributed by atoms with E-state index in [9.17, 15) is 0 Å². The molecule has 11 heavy (non-hydrogen) atoms. The van der Waals surface area contributed by atoms with Gasteiger partial charge in [-0.3, -0.25) is 0 Å². The Kier molecular flexibility index (Phi) is 1.79. The van der Waals surface area contributed by atoms with Gasteiger partial charge in [0, 0.05) is 24.9 Å². The molecule has 0 atom stereocenters. The average molecular weight is 170 g/mol. The van der Waals surface area contributed by atoms with Gasteiger partial charge < -0.3 is 14.3 Å². The predicted molar refractivity (Wildman–Crippen MR) is 44.1 cm³/mol. The molecular formula is C7H10N2OS. The summed E-state index contributed by atoms with van der Waals surface area (Å²) in [6.07, 6.45) is 2.93. The lowest BCUT2D eigenvalue weighted by molar-refractivity contribution is 0.140. The lowest BCUT2D eigenvalue weighted by atomic mass is 10.3. The molecule has 0 bridgehead atoms. The van der Waals surface area contributed by atoms with Gasteiger partial charge in [-0.25, -0.2) is 0 Å². The zero-order valence-electron chi connectivity index (χ0n) is 6.17. The van der Waals surface area contributed by atoms with Crippen molar-refractivity contribution in [3.63, 3.8) is 0 Å². The monoisotopic (exact) mass is 170 g/mol. The van der Waals surface area contributed by atoms with E-state index in [-0.39, 0.29) is 0 Å². The van der Waals surface area contributed by atoms with Gasteiger partial charge in [-0.1, -0.05) is 0 Å². The van der Waals surface area contributed by atoms with Crippen LogP contribution in [0, 0.1) is 4.77 Å². The number of ether oxygens (including phenoxy) is 1. The quantitative estimate of drug-likeness (QED) is 0.591. The number of aromatic amines is 1. The lowest BCUT2D eigenvalue weighted by Gasteiger charge is -1.99. The Morgan fingerprint density at radius 1 is 1.55 bits per heavy atom. The van der Waals surface area contributed by atoms with Crippen LogP contribution in [0.4, 0.5) is 0 Å². The highest BCUT2D eigenvalue weighted by Crippen LogP contribution is 2.06. The van der Waals surface area contributed by atoms with E-state index in [0.717, 1.165) is 31.0 Å². The summed E-state index contributed by atoms with van der Waals surface area (Å²) in [5.74, 6) is 0. The molecule has 1 N–H and O–H groups in total. The average Bonchev–Trinajstić information content (AvgIpc) is 2.25. The number of fused-ring (bicyclic) bond motifs is 1. The van der Waals surface area contributed by atoms with Crippen LogP contribution >= 0.6 is 12.2 Å². The van der Waals surface area contributed by atoms with Crippen molar-refractivity contribution < 1.29 is 4.74 Å². The molecule has 2 rings (SSSR count). The smallest absolute Gasteiger partial charge is 0.177 e. The maximum atomic E-state index is 5.31. The SMILES string of the molecule is S=c1[nH]cc2n1CCOCC2. The van der Waals surface area contributed by atoms with Crippen molar-refractivity contribution in [2.45, 2.75) is 13.0 Å². The molecule has 0 spiro atoms. The van der Waals surface area contributed by atoms with Gasteiger partial charge in [0.25, 0.3) is 0 Å². The number of nitrogens with zero attached hydrogens (tertiary/aromatic N) is 1. The van der Waals surface area contributed by atoms with Crippen LogP contribution in [0.15, 0.2) is 6.20 Å². The summed E-state index contributed by atoms with van der Waals surface area (Å²) < 4.78 is 8.22. The van der Waals surface area contributed by atoms with E-state index in [0.29, 0.717) is 0 Å². The van der Waals surface area contributed by atoms with Gasteiger partial charge in [0.05, 0.1) is 13.2 Å². The molecule has 0 unspecified atom stereocenters. The molecule has 0 amide bonds. The van der Waals surface area contributed by atoms with Gasteiger partial charge in [0.15, 0.2) is 4.77 Å². The van der Waals surface area contributed by atoms with Gasteiger partial charge in [0.1, 0.15) is 0 Å².